The van der Waals surface area contributed by atoms with E-state index in [1.165, 1.54) is 0 Å². The zero-order chi connectivity index (χ0) is 17.3. The van der Waals surface area contributed by atoms with Crippen LogP contribution in [0.3, 0.4) is 0 Å². The van der Waals surface area contributed by atoms with Gasteiger partial charge in [0, 0.05) is 13.6 Å². The van der Waals surface area contributed by atoms with E-state index in [0.717, 1.165) is 34.7 Å². The lowest BCUT2D eigenvalue weighted by Gasteiger charge is -2.20. The van der Waals surface area contributed by atoms with Crippen molar-refractivity contribution < 1.29 is 0 Å². The number of anilines is 1. The van der Waals surface area contributed by atoms with Crippen molar-refractivity contribution in [3.8, 4) is 6.07 Å². The molecule has 0 saturated carbocycles. The van der Waals surface area contributed by atoms with E-state index in [4.69, 9.17) is 4.98 Å². The molecule has 0 fully saturated rings. The highest BCUT2D eigenvalue weighted by atomic mass is 15.3. The first kappa shape index (κ1) is 15.9. The molecule has 6 nitrogen and oxygen atoms in total. The molecule has 0 N–H and O–H groups in total. The molecule has 0 unspecified atom stereocenters. The van der Waals surface area contributed by atoms with Gasteiger partial charge in [-0.25, -0.2) is 4.98 Å². The van der Waals surface area contributed by atoms with Gasteiger partial charge in [-0.3, -0.25) is 0 Å². The Balaban J connectivity index is 2.01. The summed E-state index contributed by atoms with van der Waals surface area (Å²) in [5.41, 5.74) is 4.33. The van der Waals surface area contributed by atoms with Crippen LogP contribution in [0.1, 0.15) is 29.6 Å². The zero-order valence-corrected chi connectivity index (χ0v) is 14.4. The van der Waals surface area contributed by atoms with Gasteiger partial charge in [0.15, 0.2) is 5.82 Å². The van der Waals surface area contributed by atoms with Crippen molar-refractivity contribution in [3.63, 3.8) is 0 Å². The fourth-order valence-corrected chi connectivity index (χ4v) is 2.88. The van der Waals surface area contributed by atoms with E-state index < -0.39 is 0 Å². The highest BCUT2D eigenvalue weighted by Gasteiger charge is 2.17. The number of nitrogens with zero attached hydrogens (tertiary/aromatic N) is 6. The number of benzene rings is 1. The lowest BCUT2D eigenvalue weighted by molar-refractivity contribution is 0.696. The van der Waals surface area contributed by atoms with Gasteiger partial charge in [0.1, 0.15) is 17.5 Å². The third kappa shape index (κ3) is 2.58. The lowest BCUT2D eigenvalue weighted by atomic mass is 10.1. The van der Waals surface area contributed by atoms with Crippen molar-refractivity contribution in [3.05, 3.63) is 46.9 Å². The van der Waals surface area contributed by atoms with Crippen LogP contribution in [-0.2, 0) is 13.1 Å². The Kier molecular flexibility index (Phi) is 4.17. The molecule has 0 aliphatic carbocycles. The van der Waals surface area contributed by atoms with E-state index in [1.54, 1.807) is 0 Å². The lowest BCUT2D eigenvalue weighted by Crippen LogP contribution is -2.22. The summed E-state index contributed by atoms with van der Waals surface area (Å²) in [6.45, 7) is 7.28. The summed E-state index contributed by atoms with van der Waals surface area (Å²) in [5.74, 6) is 1.54. The molecule has 0 aliphatic heterocycles. The van der Waals surface area contributed by atoms with Gasteiger partial charge in [-0.1, -0.05) is 12.1 Å². The van der Waals surface area contributed by atoms with E-state index in [2.05, 4.69) is 33.8 Å². The molecule has 2 heterocycles. The molecule has 0 saturated heterocycles. The molecule has 2 aromatic heterocycles. The minimum atomic E-state index is 0.564. The minimum Gasteiger partial charge on any atom is -0.350 e. The van der Waals surface area contributed by atoms with Gasteiger partial charge in [-0.05, 0) is 38.5 Å². The Morgan fingerprint density at radius 1 is 1.21 bits per heavy atom. The Labute approximate surface area is 141 Å². The third-order valence-electron chi connectivity index (χ3n) is 4.34. The quantitative estimate of drug-likeness (QED) is 0.739. The molecule has 3 rings (SSSR count). The molecular weight excluding hydrogens is 300 g/mol. The summed E-state index contributed by atoms with van der Waals surface area (Å²) in [5, 5.41) is 17.9. The van der Waals surface area contributed by atoms with Crippen molar-refractivity contribution in [2.24, 2.45) is 0 Å². The maximum absolute atomic E-state index is 9.49. The van der Waals surface area contributed by atoms with Crippen molar-refractivity contribution in [2.75, 3.05) is 11.9 Å². The molecule has 0 atom stereocenters. The van der Waals surface area contributed by atoms with Gasteiger partial charge >= 0.3 is 0 Å². The average molecular weight is 320 g/mol. The van der Waals surface area contributed by atoms with Crippen LogP contribution in [0.5, 0.6) is 0 Å². The van der Waals surface area contributed by atoms with Crippen molar-refractivity contribution in [2.45, 2.75) is 33.9 Å². The van der Waals surface area contributed by atoms with Crippen LogP contribution in [0.2, 0.25) is 0 Å². The number of fused-ring (bicyclic) bond motifs is 1. The Morgan fingerprint density at radius 2 is 1.96 bits per heavy atom. The monoisotopic (exact) mass is 320 g/mol. The van der Waals surface area contributed by atoms with Crippen LogP contribution in [0.4, 0.5) is 5.82 Å². The van der Waals surface area contributed by atoms with Gasteiger partial charge < -0.3 is 9.47 Å². The van der Waals surface area contributed by atoms with Crippen molar-refractivity contribution >= 4 is 16.9 Å². The summed E-state index contributed by atoms with van der Waals surface area (Å²) < 4.78 is 2.19. The maximum Gasteiger partial charge on any atom is 0.169 e. The molecule has 122 valence electrons. The number of nitriles is 1. The first-order valence-electron chi connectivity index (χ1n) is 7.96. The van der Waals surface area contributed by atoms with Crippen molar-refractivity contribution in [1.82, 2.24) is 19.7 Å². The number of rotatable bonds is 4. The second-order valence-electron chi connectivity index (χ2n) is 5.84. The maximum atomic E-state index is 9.49. The smallest absolute Gasteiger partial charge is 0.169 e. The van der Waals surface area contributed by atoms with Gasteiger partial charge in [-0.2, -0.15) is 10.4 Å². The first-order chi connectivity index (χ1) is 11.6. The van der Waals surface area contributed by atoms with E-state index in [-0.39, 0.29) is 0 Å². The largest absolute Gasteiger partial charge is 0.350 e. The summed E-state index contributed by atoms with van der Waals surface area (Å²) >= 11 is 0. The Hall–Kier alpha value is -2.94. The Morgan fingerprint density at radius 3 is 2.67 bits per heavy atom. The standard InChI is InChI=1S/C18H20N6/c1-5-24-16-9-7-6-8-15(16)20-17(24)11-23(4)18-14(10-19)12(2)13(3)21-22-18/h6-9H,5,11H2,1-4H3. The van der Waals surface area contributed by atoms with E-state index in [0.29, 0.717) is 17.9 Å². The predicted octanol–water partition coefficient (Wildman–Crippen LogP) is 2.97. The molecule has 3 aromatic rings. The summed E-state index contributed by atoms with van der Waals surface area (Å²) in [6, 6.07) is 10.4. The first-order valence-corrected chi connectivity index (χ1v) is 7.96. The second-order valence-corrected chi connectivity index (χ2v) is 5.84. The van der Waals surface area contributed by atoms with Gasteiger partial charge in [-0.15, -0.1) is 5.10 Å². The number of para-hydroxylation sites is 2. The molecule has 0 radical (unpaired) electrons. The molecule has 24 heavy (non-hydrogen) atoms. The van der Waals surface area contributed by atoms with Crippen LogP contribution >= 0.6 is 0 Å². The molecule has 0 aliphatic rings. The highest BCUT2D eigenvalue weighted by Crippen LogP contribution is 2.23. The van der Waals surface area contributed by atoms with E-state index in [1.807, 2.05) is 44.0 Å². The minimum absolute atomic E-state index is 0.564. The Bertz CT molecular complexity index is 935. The molecule has 0 spiro atoms. The van der Waals surface area contributed by atoms with Gasteiger partial charge in [0.2, 0.25) is 0 Å². The summed E-state index contributed by atoms with van der Waals surface area (Å²) in [6.07, 6.45) is 0. The summed E-state index contributed by atoms with van der Waals surface area (Å²) in [4.78, 5) is 6.67. The van der Waals surface area contributed by atoms with Crippen LogP contribution in [0.25, 0.3) is 11.0 Å². The van der Waals surface area contributed by atoms with E-state index >= 15 is 0 Å². The van der Waals surface area contributed by atoms with Crippen LogP contribution in [0.15, 0.2) is 24.3 Å². The zero-order valence-electron chi connectivity index (χ0n) is 14.4. The molecule has 1 aromatic carbocycles. The highest BCUT2D eigenvalue weighted by molar-refractivity contribution is 5.76. The third-order valence-corrected chi connectivity index (χ3v) is 4.34. The fraction of sp³-hybridized carbons (Fsp3) is 0.333. The molecule has 6 heteroatoms. The second kappa shape index (κ2) is 6.28. The predicted molar refractivity (Wildman–Crippen MR) is 93.7 cm³/mol. The van der Waals surface area contributed by atoms with Crippen LogP contribution in [0, 0.1) is 25.2 Å². The number of imidazole rings is 1. The van der Waals surface area contributed by atoms with Crippen LogP contribution in [-0.4, -0.2) is 26.8 Å². The molecule has 0 bridgehead atoms. The van der Waals surface area contributed by atoms with Crippen molar-refractivity contribution in [1.29, 1.82) is 5.26 Å². The van der Waals surface area contributed by atoms with E-state index in [9.17, 15) is 5.26 Å². The average Bonchev–Trinajstić information content (AvgIpc) is 2.93. The SMILES string of the molecule is CCn1c(CN(C)c2nnc(C)c(C)c2C#N)nc2ccccc21. The topological polar surface area (TPSA) is 70.6 Å². The number of aryl methyl sites for hydroxylation is 2. The van der Waals surface area contributed by atoms with Gasteiger partial charge in [0.25, 0.3) is 0 Å². The summed E-state index contributed by atoms with van der Waals surface area (Å²) in [7, 11) is 1.92. The van der Waals surface area contributed by atoms with Crippen LogP contribution < -0.4 is 4.90 Å². The number of hydrogen-bond donors (Lipinski definition) is 0. The van der Waals surface area contributed by atoms with Gasteiger partial charge in [0.05, 0.1) is 23.3 Å². The number of hydrogen-bond acceptors (Lipinski definition) is 5. The number of aromatic nitrogens is 4. The normalized spacial score (nSPS) is 10.8. The molecular formula is C18H20N6. The molecule has 0 amide bonds. The fourth-order valence-electron chi connectivity index (χ4n) is 2.88.